The highest BCUT2D eigenvalue weighted by Gasteiger charge is 2.23. The lowest BCUT2D eigenvalue weighted by molar-refractivity contribution is 0.347. The van der Waals surface area contributed by atoms with Gasteiger partial charge in [-0.05, 0) is 25.8 Å². The molecule has 0 aromatic heterocycles. The van der Waals surface area contributed by atoms with Crippen LogP contribution < -0.4 is 14.8 Å². The molecule has 18 heavy (non-hydrogen) atoms. The van der Waals surface area contributed by atoms with Gasteiger partial charge < -0.3 is 14.8 Å². The van der Waals surface area contributed by atoms with Crippen LogP contribution in [0.1, 0.15) is 18.4 Å². The molecule has 1 aliphatic rings. The first-order chi connectivity index (χ1) is 8.67. The number of methoxy groups -OCH3 is 2. The van der Waals surface area contributed by atoms with Crippen LogP contribution in [0, 0.1) is 5.82 Å². The largest absolute Gasteiger partial charge is 0.493 e. The van der Waals surface area contributed by atoms with Crippen molar-refractivity contribution >= 4 is 11.6 Å². The van der Waals surface area contributed by atoms with Gasteiger partial charge in [-0.1, -0.05) is 11.6 Å². The quantitative estimate of drug-likeness (QED) is 0.915. The van der Waals surface area contributed by atoms with Crippen molar-refractivity contribution in [2.75, 3.05) is 20.8 Å². The number of hydrogen-bond acceptors (Lipinski definition) is 3. The minimum absolute atomic E-state index is 0.126. The maximum absolute atomic E-state index is 13.7. The van der Waals surface area contributed by atoms with Gasteiger partial charge in [-0.25, -0.2) is 4.39 Å². The van der Waals surface area contributed by atoms with E-state index in [0.717, 1.165) is 19.4 Å². The zero-order valence-electron chi connectivity index (χ0n) is 10.6. The Hall–Kier alpha value is -1.00. The molecule has 1 saturated heterocycles. The van der Waals surface area contributed by atoms with Crippen LogP contribution in [0.2, 0.25) is 5.02 Å². The van der Waals surface area contributed by atoms with Gasteiger partial charge in [0.25, 0.3) is 0 Å². The topological polar surface area (TPSA) is 30.5 Å². The molecule has 0 radical (unpaired) electrons. The molecule has 3 nitrogen and oxygen atoms in total. The average Bonchev–Trinajstić information content (AvgIpc) is 2.87. The monoisotopic (exact) mass is 273 g/mol. The third kappa shape index (κ3) is 2.54. The van der Waals surface area contributed by atoms with Crippen molar-refractivity contribution < 1.29 is 13.9 Å². The number of nitrogens with one attached hydrogen (secondary N) is 1. The normalized spacial score (nSPS) is 19.0. The number of ether oxygens (including phenoxy) is 2. The summed E-state index contributed by atoms with van der Waals surface area (Å²) in [5.41, 5.74) is 0.676. The molecule has 1 atom stereocenters. The first kappa shape index (κ1) is 13.4. The maximum Gasteiger partial charge on any atom is 0.165 e. The summed E-state index contributed by atoms with van der Waals surface area (Å²) in [6, 6.07) is 1.58. The summed E-state index contributed by atoms with van der Waals surface area (Å²) in [7, 11) is 3.03. The summed E-state index contributed by atoms with van der Waals surface area (Å²) in [6.07, 6.45) is 2.85. The Balaban J connectivity index is 2.38. The summed E-state index contributed by atoms with van der Waals surface area (Å²) < 4.78 is 24.2. The van der Waals surface area contributed by atoms with Gasteiger partial charge in [-0.15, -0.1) is 0 Å². The van der Waals surface area contributed by atoms with Gasteiger partial charge in [-0.2, -0.15) is 0 Å². The summed E-state index contributed by atoms with van der Waals surface area (Å²) in [6.45, 7) is 0.997. The molecule has 0 bridgehead atoms. The third-order valence-corrected chi connectivity index (χ3v) is 3.68. The van der Waals surface area contributed by atoms with Gasteiger partial charge in [0.15, 0.2) is 11.5 Å². The summed E-state index contributed by atoms with van der Waals surface area (Å²) >= 11 is 6.05. The van der Waals surface area contributed by atoms with Crippen molar-refractivity contribution in [1.82, 2.24) is 5.32 Å². The third-order valence-electron chi connectivity index (χ3n) is 3.27. The van der Waals surface area contributed by atoms with Crippen LogP contribution in [0.5, 0.6) is 11.5 Å². The van der Waals surface area contributed by atoms with E-state index < -0.39 is 5.82 Å². The zero-order chi connectivity index (χ0) is 13.1. The van der Waals surface area contributed by atoms with Crippen LogP contribution in [0.15, 0.2) is 6.07 Å². The molecule has 0 saturated carbocycles. The number of halogens is 2. The Labute approximate surface area is 111 Å². The molecule has 1 heterocycles. The smallest absolute Gasteiger partial charge is 0.165 e. The predicted octanol–water partition coefficient (Wildman–Crippen LogP) is 2.79. The zero-order valence-corrected chi connectivity index (χ0v) is 11.3. The lowest BCUT2D eigenvalue weighted by Gasteiger charge is -2.17. The van der Waals surface area contributed by atoms with Crippen molar-refractivity contribution in [1.29, 1.82) is 0 Å². The predicted molar refractivity (Wildman–Crippen MR) is 69.2 cm³/mol. The van der Waals surface area contributed by atoms with Crippen LogP contribution >= 0.6 is 11.6 Å². The van der Waals surface area contributed by atoms with Crippen LogP contribution in [0.4, 0.5) is 4.39 Å². The lowest BCUT2D eigenvalue weighted by atomic mass is 10.0. The number of rotatable bonds is 4. The van der Waals surface area contributed by atoms with E-state index >= 15 is 0 Å². The number of benzene rings is 1. The van der Waals surface area contributed by atoms with Crippen LogP contribution in [-0.4, -0.2) is 26.8 Å². The SMILES string of the molecule is COc1cc(F)c(Cl)c(CC2CCCN2)c1OC. The molecule has 1 unspecified atom stereocenters. The minimum atomic E-state index is -0.470. The number of hydrogen-bond donors (Lipinski definition) is 1. The van der Waals surface area contributed by atoms with Gasteiger partial charge >= 0.3 is 0 Å². The summed E-state index contributed by atoms with van der Waals surface area (Å²) in [5.74, 6) is 0.437. The van der Waals surface area contributed by atoms with Crippen LogP contribution in [-0.2, 0) is 6.42 Å². The van der Waals surface area contributed by atoms with Gasteiger partial charge in [0, 0.05) is 17.7 Å². The molecular formula is C13H17ClFNO2. The summed E-state index contributed by atoms with van der Waals surface area (Å²) in [4.78, 5) is 0. The Morgan fingerprint density at radius 3 is 2.78 bits per heavy atom. The van der Waals surface area contributed by atoms with Gasteiger partial charge in [0.1, 0.15) is 5.82 Å². The first-order valence-electron chi connectivity index (χ1n) is 5.99. The highest BCUT2D eigenvalue weighted by atomic mass is 35.5. The Morgan fingerprint density at radius 1 is 1.44 bits per heavy atom. The second-order valence-corrected chi connectivity index (χ2v) is 4.76. The molecule has 0 aliphatic carbocycles. The van der Waals surface area contributed by atoms with Crippen LogP contribution in [0.25, 0.3) is 0 Å². The van der Waals surface area contributed by atoms with Gasteiger partial charge in [0.2, 0.25) is 0 Å². The fourth-order valence-electron chi connectivity index (χ4n) is 2.37. The van der Waals surface area contributed by atoms with E-state index in [0.29, 0.717) is 29.5 Å². The Morgan fingerprint density at radius 2 is 2.22 bits per heavy atom. The fraction of sp³-hybridized carbons (Fsp3) is 0.538. The van der Waals surface area contributed by atoms with E-state index in [9.17, 15) is 4.39 Å². The fourth-order valence-corrected chi connectivity index (χ4v) is 2.59. The molecular weight excluding hydrogens is 257 g/mol. The van der Waals surface area contributed by atoms with Crippen molar-refractivity contribution in [2.45, 2.75) is 25.3 Å². The van der Waals surface area contributed by atoms with Crippen LogP contribution in [0.3, 0.4) is 0 Å². The molecule has 1 aliphatic heterocycles. The molecule has 1 fully saturated rings. The lowest BCUT2D eigenvalue weighted by Crippen LogP contribution is -2.24. The molecule has 100 valence electrons. The Kier molecular flexibility index (Phi) is 4.30. The van der Waals surface area contributed by atoms with Crippen molar-refractivity contribution in [3.63, 3.8) is 0 Å². The van der Waals surface area contributed by atoms with E-state index in [1.807, 2.05) is 0 Å². The standard InChI is InChI=1S/C13H17ClFNO2/c1-17-11-7-10(15)12(14)9(13(11)18-2)6-8-4-3-5-16-8/h7-8,16H,3-6H2,1-2H3. The Bertz CT molecular complexity index is 433. The van der Waals surface area contributed by atoms with E-state index in [1.54, 1.807) is 0 Å². The molecule has 1 N–H and O–H groups in total. The second-order valence-electron chi connectivity index (χ2n) is 4.38. The average molecular weight is 274 g/mol. The van der Waals surface area contributed by atoms with Crippen molar-refractivity contribution in [3.8, 4) is 11.5 Å². The maximum atomic E-state index is 13.7. The van der Waals surface area contributed by atoms with Crippen molar-refractivity contribution in [3.05, 3.63) is 22.5 Å². The molecule has 0 amide bonds. The minimum Gasteiger partial charge on any atom is -0.493 e. The first-order valence-corrected chi connectivity index (χ1v) is 6.37. The van der Waals surface area contributed by atoms with Gasteiger partial charge in [0.05, 0.1) is 19.2 Å². The van der Waals surface area contributed by atoms with E-state index in [-0.39, 0.29) is 5.02 Å². The molecule has 5 heteroatoms. The second kappa shape index (κ2) is 5.76. The molecule has 0 spiro atoms. The molecule has 1 aromatic rings. The summed E-state index contributed by atoms with van der Waals surface area (Å²) in [5, 5.41) is 3.49. The highest BCUT2D eigenvalue weighted by Crippen LogP contribution is 2.39. The van der Waals surface area contributed by atoms with E-state index in [4.69, 9.17) is 21.1 Å². The van der Waals surface area contributed by atoms with E-state index in [1.165, 1.54) is 20.3 Å². The van der Waals surface area contributed by atoms with Crippen molar-refractivity contribution in [2.24, 2.45) is 0 Å². The van der Waals surface area contributed by atoms with Gasteiger partial charge in [-0.3, -0.25) is 0 Å². The molecule has 2 rings (SSSR count). The molecule has 1 aromatic carbocycles. The van der Waals surface area contributed by atoms with E-state index in [2.05, 4.69) is 5.32 Å². The highest BCUT2D eigenvalue weighted by molar-refractivity contribution is 6.31.